The van der Waals surface area contributed by atoms with Crippen LogP contribution in [0.2, 0.25) is 5.02 Å². The van der Waals surface area contributed by atoms with Crippen LogP contribution in [-0.2, 0) is 11.2 Å². The van der Waals surface area contributed by atoms with Gasteiger partial charge in [0, 0.05) is 32.6 Å². The fourth-order valence-electron chi connectivity index (χ4n) is 2.45. The molecule has 1 aliphatic rings. The summed E-state index contributed by atoms with van der Waals surface area (Å²) < 4.78 is 13.4. The van der Waals surface area contributed by atoms with Crippen molar-refractivity contribution in [3.63, 3.8) is 0 Å². The second-order valence-corrected chi connectivity index (χ2v) is 6.05. The third-order valence-corrected chi connectivity index (χ3v) is 4.25. The maximum atomic E-state index is 13.4. The first-order valence-corrected chi connectivity index (χ1v) is 7.22. The van der Waals surface area contributed by atoms with Crippen molar-refractivity contribution in [3.05, 3.63) is 34.6 Å². The maximum Gasteiger partial charge on any atom is 0.156 e. The van der Waals surface area contributed by atoms with E-state index in [2.05, 4.69) is 10.2 Å². The summed E-state index contributed by atoms with van der Waals surface area (Å²) in [5.41, 5.74) is 0.137. The first-order chi connectivity index (χ1) is 9.41. The highest BCUT2D eigenvalue weighted by atomic mass is 35.5. The van der Waals surface area contributed by atoms with E-state index < -0.39 is 11.4 Å². The van der Waals surface area contributed by atoms with Gasteiger partial charge in [-0.15, -0.1) is 0 Å². The third kappa shape index (κ3) is 3.37. The molecule has 0 radical (unpaired) electrons. The van der Waals surface area contributed by atoms with Crippen LogP contribution in [0.5, 0.6) is 0 Å². The minimum Gasteiger partial charge on any atom is -0.314 e. The monoisotopic (exact) mass is 298 g/mol. The van der Waals surface area contributed by atoms with E-state index in [9.17, 15) is 9.18 Å². The van der Waals surface area contributed by atoms with Crippen LogP contribution in [0.3, 0.4) is 0 Å². The van der Waals surface area contributed by atoms with Crippen molar-refractivity contribution in [2.24, 2.45) is 0 Å². The van der Waals surface area contributed by atoms with Crippen molar-refractivity contribution in [3.8, 4) is 0 Å². The number of ketones is 1. The summed E-state index contributed by atoms with van der Waals surface area (Å²) in [7, 11) is 0. The lowest BCUT2D eigenvalue weighted by Gasteiger charge is -2.40. The van der Waals surface area contributed by atoms with Crippen molar-refractivity contribution in [1.82, 2.24) is 10.2 Å². The Morgan fingerprint density at radius 2 is 2.05 bits per heavy atom. The van der Waals surface area contributed by atoms with Crippen molar-refractivity contribution in [2.45, 2.75) is 25.8 Å². The Labute approximate surface area is 124 Å². The van der Waals surface area contributed by atoms with E-state index in [1.54, 1.807) is 6.07 Å². The van der Waals surface area contributed by atoms with Crippen LogP contribution >= 0.6 is 11.6 Å². The Balaban J connectivity index is 2.07. The lowest BCUT2D eigenvalue weighted by Crippen LogP contribution is -2.57. The summed E-state index contributed by atoms with van der Waals surface area (Å²) in [5, 5.41) is 3.36. The molecule has 20 heavy (non-hydrogen) atoms. The van der Waals surface area contributed by atoms with Gasteiger partial charge in [-0.05, 0) is 31.5 Å². The van der Waals surface area contributed by atoms with E-state index in [1.807, 2.05) is 13.8 Å². The summed E-state index contributed by atoms with van der Waals surface area (Å²) in [6.45, 7) is 7.37. The van der Waals surface area contributed by atoms with Gasteiger partial charge in [0.25, 0.3) is 0 Å². The van der Waals surface area contributed by atoms with E-state index in [1.165, 1.54) is 12.1 Å². The Kier molecular flexibility index (Phi) is 4.78. The molecule has 1 N–H and O–H groups in total. The average molecular weight is 299 g/mol. The molecule has 5 heteroatoms. The van der Waals surface area contributed by atoms with Crippen LogP contribution < -0.4 is 5.32 Å². The molecule has 1 aromatic carbocycles. The lowest BCUT2D eigenvalue weighted by molar-refractivity contribution is -0.129. The van der Waals surface area contributed by atoms with Gasteiger partial charge in [0.2, 0.25) is 0 Å². The van der Waals surface area contributed by atoms with Gasteiger partial charge in [0.1, 0.15) is 5.82 Å². The van der Waals surface area contributed by atoms with E-state index in [0.29, 0.717) is 5.56 Å². The van der Waals surface area contributed by atoms with Crippen LogP contribution in [0.15, 0.2) is 18.2 Å². The van der Waals surface area contributed by atoms with Crippen molar-refractivity contribution < 1.29 is 9.18 Å². The van der Waals surface area contributed by atoms with Crippen LogP contribution in [0, 0.1) is 5.82 Å². The summed E-state index contributed by atoms with van der Waals surface area (Å²) in [6, 6.07) is 4.54. The predicted molar refractivity (Wildman–Crippen MR) is 78.6 cm³/mol. The molecule has 0 amide bonds. The Hall–Kier alpha value is -0.970. The van der Waals surface area contributed by atoms with Gasteiger partial charge in [-0.25, -0.2) is 4.39 Å². The minimum atomic E-state index is -0.530. The molecule has 3 nitrogen and oxygen atoms in total. The number of halogens is 2. The highest BCUT2D eigenvalue weighted by Crippen LogP contribution is 2.21. The van der Waals surface area contributed by atoms with Gasteiger partial charge in [0.05, 0.1) is 10.6 Å². The number of nitrogens with one attached hydrogen (secondary N) is 1. The van der Waals surface area contributed by atoms with E-state index in [0.717, 1.165) is 26.2 Å². The molecule has 0 aromatic heterocycles. The summed E-state index contributed by atoms with van der Waals surface area (Å²) >= 11 is 5.65. The maximum absolute atomic E-state index is 13.4. The fraction of sp³-hybridized carbons (Fsp3) is 0.533. The van der Waals surface area contributed by atoms with E-state index in [-0.39, 0.29) is 17.2 Å². The zero-order valence-electron chi connectivity index (χ0n) is 11.9. The number of piperazine rings is 1. The fourth-order valence-corrected chi connectivity index (χ4v) is 2.57. The third-order valence-electron chi connectivity index (χ3n) is 3.94. The molecule has 0 aliphatic carbocycles. The first-order valence-electron chi connectivity index (χ1n) is 6.84. The number of Topliss-reactive ketones (excluding diaryl/α,β-unsaturated/α-hetero) is 1. The highest BCUT2D eigenvalue weighted by Gasteiger charge is 2.34. The van der Waals surface area contributed by atoms with Crippen molar-refractivity contribution in [2.75, 3.05) is 26.2 Å². The molecule has 0 atom stereocenters. The zero-order valence-corrected chi connectivity index (χ0v) is 12.6. The normalized spacial score (nSPS) is 17.2. The van der Waals surface area contributed by atoms with Gasteiger partial charge in [-0.1, -0.05) is 17.7 Å². The summed E-state index contributed by atoms with van der Waals surface area (Å²) in [6.07, 6.45) is 0.227. The quantitative estimate of drug-likeness (QED) is 0.925. The van der Waals surface area contributed by atoms with E-state index >= 15 is 0 Å². The molecule has 1 saturated heterocycles. The SMILES string of the molecule is CC(C)(C(=O)Cc1ccc(Cl)c(F)c1)N1CCNCC1. The zero-order chi connectivity index (χ0) is 14.8. The largest absolute Gasteiger partial charge is 0.314 e. The minimum absolute atomic E-state index is 0.0857. The number of carbonyl (C=O) groups is 1. The van der Waals surface area contributed by atoms with Gasteiger partial charge >= 0.3 is 0 Å². The molecule has 1 heterocycles. The molecule has 1 aromatic rings. The molecule has 0 saturated carbocycles. The van der Waals surface area contributed by atoms with Crippen LogP contribution in [-0.4, -0.2) is 42.4 Å². The lowest BCUT2D eigenvalue weighted by atomic mass is 9.91. The topological polar surface area (TPSA) is 32.3 Å². The number of rotatable bonds is 4. The number of hydrogen-bond donors (Lipinski definition) is 1. The number of hydrogen-bond acceptors (Lipinski definition) is 3. The Bertz CT molecular complexity index is 499. The molecule has 1 fully saturated rings. The molecular formula is C15H20ClFN2O. The van der Waals surface area contributed by atoms with Gasteiger partial charge in [-0.3, -0.25) is 9.69 Å². The highest BCUT2D eigenvalue weighted by molar-refractivity contribution is 6.30. The van der Waals surface area contributed by atoms with Gasteiger partial charge < -0.3 is 5.32 Å². The standard InChI is InChI=1S/C15H20ClFN2O/c1-15(2,19-7-5-18-6-8-19)14(20)10-11-3-4-12(16)13(17)9-11/h3-4,9,18H,5-8,10H2,1-2H3. The molecule has 0 unspecified atom stereocenters. The van der Waals surface area contributed by atoms with Crippen LogP contribution in [0.1, 0.15) is 19.4 Å². The molecular weight excluding hydrogens is 279 g/mol. The van der Waals surface area contributed by atoms with Gasteiger partial charge in [-0.2, -0.15) is 0 Å². The molecule has 1 aliphatic heterocycles. The number of benzene rings is 1. The van der Waals surface area contributed by atoms with E-state index in [4.69, 9.17) is 11.6 Å². The number of carbonyl (C=O) groups excluding carboxylic acids is 1. The second-order valence-electron chi connectivity index (χ2n) is 5.64. The van der Waals surface area contributed by atoms with Crippen molar-refractivity contribution >= 4 is 17.4 Å². The summed E-state index contributed by atoms with van der Waals surface area (Å²) in [5.74, 6) is -0.377. The molecule has 0 spiro atoms. The Morgan fingerprint density at radius 1 is 1.40 bits per heavy atom. The first kappa shape index (κ1) is 15.4. The van der Waals surface area contributed by atoms with Crippen LogP contribution in [0.25, 0.3) is 0 Å². The van der Waals surface area contributed by atoms with Crippen LogP contribution in [0.4, 0.5) is 4.39 Å². The second kappa shape index (κ2) is 6.20. The molecule has 110 valence electrons. The van der Waals surface area contributed by atoms with Crippen molar-refractivity contribution in [1.29, 1.82) is 0 Å². The number of nitrogens with zero attached hydrogens (tertiary/aromatic N) is 1. The smallest absolute Gasteiger partial charge is 0.156 e. The van der Waals surface area contributed by atoms with Gasteiger partial charge in [0.15, 0.2) is 5.78 Å². The average Bonchev–Trinajstić information content (AvgIpc) is 2.44. The summed E-state index contributed by atoms with van der Waals surface area (Å²) in [4.78, 5) is 14.7. The molecule has 0 bridgehead atoms. The molecule has 2 rings (SSSR count). The Morgan fingerprint density at radius 3 is 2.65 bits per heavy atom. The predicted octanol–water partition coefficient (Wildman–Crippen LogP) is 2.27.